The summed E-state index contributed by atoms with van der Waals surface area (Å²) in [5.41, 5.74) is 7.61. The summed E-state index contributed by atoms with van der Waals surface area (Å²) in [6.45, 7) is 9.03. The molecule has 8 heteroatoms. The molecule has 21 heavy (non-hydrogen) atoms. The average Bonchev–Trinajstić information content (AvgIpc) is 2.38. The lowest BCUT2D eigenvalue weighted by Gasteiger charge is -2.19. The SMILES string of the molecule is CC(C)(C)OC(=O)CCNCCOCCOCCN=[N+]=[N-]. The van der Waals surface area contributed by atoms with E-state index in [1.807, 2.05) is 20.8 Å². The fourth-order valence-electron chi connectivity index (χ4n) is 1.32. The Morgan fingerprint density at radius 3 is 2.43 bits per heavy atom. The zero-order valence-electron chi connectivity index (χ0n) is 13.1. The van der Waals surface area contributed by atoms with E-state index >= 15 is 0 Å². The van der Waals surface area contributed by atoms with Crippen molar-refractivity contribution >= 4 is 5.97 Å². The van der Waals surface area contributed by atoms with Crippen LogP contribution in [0.4, 0.5) is 0 Å². The summed E-state index contributed by atoms with van der Waals surface area (Å²) in [5, 5.41) is 6.44. The summed E-state index contributed by atoms with van der Waals surface area (Å²) in [5.74, 6) is -0.204. The fraction of sp³-hybridized carbons (Fsp3) is 0.923. The molecule has 0 saturated carbocycles. The van der Waals surface area contributed by atoms with Crippen molar-refractivity contribution in [1.82, 2.24) is 5.32 Å². The number of nitrogens with one attached hydrogen (secondary N) is 1. The van der Waals surface area contributed by atoms with Crippen LogP contribution in [0.5, 0.6) is 0 Å². The fourth-order valence-corrected chi connectivity index (χ4v) is 1.32. The number of ether oxygens (including phenoxy) is 3. The van der Waals surface area contributed by atoms with Gasteiger partial charge in [-0.3, -0.25) is 4.79 Å². The quantitative estimate of drug-likeness (QED) is 0.194. The Morgan fingerprint density at radius 1 is 1.14 bits per heavy atom. The Morgan fingerprint density at radius 2 is 1.81 bits per heavy atom. The van der Waals surface area contributed by atoms with E-state index in [0.717, 1.165) is 0 Å². The molecule has 0 fully saturated rings. The second-order valence-electron chi connectivity index (χ2n) is 5.27. The molecule has 0 amide bonds. The normalized spacial score (nSPS) is 11.0. The molecule has 0 saturated heterocycles. The van der Waals surface area contributed by atoms with E-state index in [9.17, 15) is 4.79 Å². The van der Waals surface area contributed by atoms with Gasteiger partial charge in [0.2, 0.25) is 0 Å². The summed E-state index contributed by atoms with van der Waals surface area (Å²) in [4.78, 5) is 14.0. The Hall–Kier alpha value is -1.34. The van der Waals surface area contributed by atoms with Crippen molar-refractivity contribution in [3.8, 4) is 0 Å². The lowest BCUT2D eigenvalue weighted by Crippen LogP contribution is -2.28. The molecular formula is C13H26N4O4. The van der Waals surface area contributed by atoms with Gasteiger partial charge in [0, 0.05) is 24.5 Å². The molecule has 0 spiro atoms. The molecule has 0 bridgehead atoms. The largest absolute Gasteiger partial charge is 0.460 e. The van der Waals surface area contributed by atoms with Crippen LogP contribution in [0.3, 0.4) is 0 Å². The first-order valence-electron chi connectivity index (χ1n) is 7.04. The van der Waals surface area contributed by atoms with Gasteiger partial charge in [0.05, 0.1) is 32.8 Å². The van der Waals surface area contributed by atoms with Gasteiger partial charge in [-0.1, -0.05) is 5.11 Å². The van der Waals surface area contributed by atoms with Crippen LogP contribution in [0.15, 0.2) is 5.11 Å². The van der Waals surface area contributed by atoms with Crippen LogP contribution in [-0.2, 0) is 19.0 Å². The first kappa shape index (κ1) is 19.7. The smallest absolute Gasteiger partial charge is 0.307 e. The molecule has 0 aromatic rings. The highest BCUT2D eigenvalue weighted by Crippen LogP contribution is 2.07. The molecule has 0 aromatic carbocycles. The number of hydrogen-bond donors (Lipinski definition) is 1. The molecule has 0 aliphatic rings. The third-order valence-corrected chi connectivity index (χ3v) is 2.12. The van der Waals surface area contributed by atoms with E-state index in [1.165, 1.54) is 0 Å². The van der Waals surface area contributed by atoms with Crippen molar-refractivity contribution in [3.05, 3.63) is 10.4 Å². The number of esters is 1. The number of azide groups is 1. The monoisotopic (exact) mass is 302 g/mol. The van der Waals surface area contributed by atoms with E-state index in [4.69, 9.17) is 19.7 Å². The molecule has 1 N–H and O–H groups in total. The van der Waals surface area contributed by atoms with Gasteiger partial charge in [0.15, 0.2) is 0 Å². The maximum absolute atomic E-state index is 11.4. The number of carbonyl (C=O) groups excluding carboxylic acids is 1. The van der Waals surface area contributed by atoms with Crippen molar-refractivity contribution in [2.24, 2.45) is 5.11 Å². The zero-order chi connectivity index (χ0) is 16.0. The maximum Gasteiger partial charge on any atom is 0.307 e. The number of carbonyl (C=O) groups is 1. The topological polar surface area (TPSA) is 106 Å². The second-order valence-corrected chi connectivity index (χ2v) is 5.27. The lowest BCUT2D eigenvalue weighted by atomic mass is 10.2. The Bertz CT molecular complexity index is 325. The van der Waals surface area contributed by atoms with Crippen LogP contribution in [0.2, 0.25) is 0 Å². The van der Waals surface area contributed by atoms with Gasteiger partial charge in [-0.2, -0.15) is 0 Å². The van der Waals surface area contributed by atoms with E-state index in [0.29, 0.717) is 52.5 Å². The van der Waals surface area contributed by atoms with Crippen LogP contribution in [0.1, 0.15) is 27.2 Å². The standard InChI is InChI=1S/C13H26N4O4/c1-13(2,3)21-12(18)4-5-15-6-8-19-10-11-20-9-7-16-17-14/h15H,4-11H2,1-3H3. The molecule has 0 rings (SSSR count). The molecule has 8 nitrogen and oxygen atoms in total. The van der Waals surface area contributed by atoms with E-state index < -0.39 is 5.60 Å². The van der Waals surface area contributed by atoms with Crippen LogP contribution in [0.25, 0.3) is 10.4 Å². The van der Waals surface area contributed by atoms with Gasteiger partial charge in [0.1, 0.15) is 5.60 Å². The molecule has 0 aliphatic heterocycles. The van der Waals surface area contributed by atoms with Crippen molar-refractivity contribution in [3.63, 3.8) is 0 Å². The van der Waals surface area contributed by atoms with Crippen molar-refractivity contribution < 1.29 is 19.0 Å². The summed E-state index contributed by atoms with van der Waals surface area (Å²) in [7, 11) is 0. The van der Waals surface area contributed by atoms with Crippen molar-refractivity contribution in [2.45, 2.75) is 32.8 Å². The highest BCUT2D eigenvalue weighted by molar-refractivity contribution is 5.70. The molecule has 0 heterocycles. The minimum atomic E-state index is -0.432. The number of nitrogens with zero attached hydrogens (tertiary/aromatic N) is 3. The minimum Gasteiger partial charge on any atom is -0.460 e. The van der Waals surface area contributed by atoms with E-state index in [1.54, 1.807) is 0 Å². The second kappa shape index (κ2) is 12.4. The highest BCUT2D eigenvalue weighted by Gasteiger charge is 2.15. The van der Waals surface area contributed by atoms with Crippen molar-refractivity contribution in [2.75, 3.05) is 46.1 Å². The predicted octanol–water partition coefficient (Wildman–Crippen LogP) is 1.65. The predicted molar refractivity (Wildman–Crippen MR) is 79.0 cm³/mol. The van der Waals surface area contributed by atoms with Crippen molar-refractivity contribution in [1.29, 1.82) is 0 Å². The van der Waals surface area contributed by atoms with Gasteiger partial charge >= 0.3 is 5.97 Å². The summed E-state index contributed by atoms with van der Waals surface area (Å²) < 4.78 is 15.7. The molecule has 0 unspecified atom stereocenters. The van der Waals surface area contributed by atoms with Gasteiger partial charge in [0.25, 0.3) is 0 Å². The summed E-state index contributed by atoms with van der Waals surface area (Å²) >= 11 is 0. The Labute approximate surface area is 125 Å². The third kappa shape index (κ3) is 16.6. The summed E-state index contributed by atoms with van der Waals surface area (Å²) in [6.07, 6.45) is 0.347. The maximum atomic E-state index is 11.4. The highest BCUT2D eigenvalue weighted by atomic mass is 16.6. The van der Waals surface area contributed by atoms with Gasteiger partial charge in [-0.05, 0) is 26.3 Å². The summed E-state index contributed by atoms with van der Waals surface area (Å²) in [6, 6.07) is 0. The van der Waals surface area contributed by atoms with Gasteiger partial charge in [-0.15, -0.1) is 0 Å². The third-order valence-electron chi connectivity index (χ3n) is 2.12. The van der Waals surface area contributed by atoms with E-state index in [2.05, 4.69) is 15.3 Å². The number of rotatable bonds is 12. The lowest BCUT2D eigenvalue weighted by molar-refractivity contribution is -0.154. The molecular weight excluding hydrogens is 276 g/mol. The average molecular weight is 302 g/mol. The first-order chi connectivity index (χ1) is 9.95. The first-order valence-corrected chi connectivity index (χ1v) is 7.04. The zero-order valence-corrected chi connectivity index (χ0v) is 13.1. The Balaban J connectivity index is 3.22. The van der Waals surface area contributed by atoms with Gasteiger partial charge < -0.3 is 19.5 Å². The van der Waals surface area contributed by atoms with Crippen LogP contribution in [0, 0.1) is 0 Å². The number of hydrogen-bond acceptors (Lipinski definition) is 6. The Kier molecular flexibility index (Phi) is 11.6. The molecule has 122 valence electrons. The minimum absolute atomic E-state index is 0.204. The van der Waals surface area contributed by atoms with Crippen LogP contribution in [-0.4, -0.2) is 57.6 Å². The van der Waals surface area contributed by atoms with E-state index in [-0.39, 0.29) is 5.97 Å². The molecule has 0 atom stereocenters. The molecule has 0 aliphatic carbocycles. The van der Waals surface area contributed by atoms with Gasteiger partial charge in [-0.25, -0.2) is 0 Å². The van der Waals surface area contributed by atoms with Crippen LogP contribution < -0.4 is 5.32 Å². The van der Waals surface area contributed by atoms with Crippen LogP contribution >= 0.6 is 0 Å². The molecule has 0 aromatic heterocycles. The molecule has 0 radical (unpaired) electrons.